The van der Waals surface area contributed by atoms with E-state index in [1.807, 2.05) is 18.7 Å². The molecule has 1 heterocycles. The molecule has 1 rings (SSSR count). The highest BCUT2D eigenvalue weighted by Gasteiger charge is 2.08. The molecule has 0 saturated carbocycles. The lowest BCUT2D eigenvalue weighted by Crippen LogP contribution is -2.02. The molecular formula is C12H19ClN2S. The summed E-state index contributed by atoms with van der Waals surface area (Å²) in [5, 5.41) is 0.621. The van der Waals surface area contributed by atoms with Gasteiger partial charge in [0.05, 0.1) is 5.75 Å². The Bertz CT molecular complexity index is 330. The smallest absolute Gasteiger partial charge is 0.140 e. The van der Waals surface area contributed by atoms with Crippen molar-refractivity contribution < 1.29 is 0 Å². The Morgan fingerprint density at radius 2 is 2.00 bits per heavy atom. The van der Waals surface area contributed by atoms with Crippen LogP contribution in [0.15, 0.2) is 0 Å². The summed E-state index contributed by atoms with van der Waals surface area (Å²) < 4.78 is 0. The Morgan fingerprint density at radius 1 is 1.31 bits per heavy atom. The van der Waals surface area contributed by atoms with Gasteiger partial charge in [0.25, 0.3) is 0 Å². The van der Waals surface area contributed by atoms with Gasteiger partial charge < -0.3 is 0 Å². The highest BCUT2D eigenvalue weighted by Crippen LogP contribution is 2.19. The summed E-state index contributed by atoms with van der Waals surface area (Å²) in [5.74, 6) is 3.54. The third kappa shape index (κ3) is 3.95. The van der Waals surface area contributed by atoms with Gasteiger partial charge in [0.1, 0.15) is 11.0 Å². The van der Waals surface area contributed by atoms with E-state index in [-0.39, 0.29) is 0 Å². The third-order valence-corrected chi connectivity index (χ3v) is 3.92. The van der Waals surface area contributed by atoms with Gasteiger partial charge in [-0.3, -0.25) is 0 Å². The van der Waals surface area contributed by atoms with Crippen LogP contribution in [-0.4, -0.2) is 15.7 Å². The van der Waals surface area contributed by atoms with Crippen molar-refractivity contribution in [2.24, 2.45) is 5.92 Å². The van der Waals surface area contributed by atoms with Crippen LogP contribution in [0, 0.1) is 12.8 Å². The molecule has 0 amide bonds. The van der Waals surface area contributed by atoms with Crippen LogP contribution in [0.1, 0.15) is 37.9 Å². The Kier molecular flexibility index (Phi) is 5.56. The van der Waals surface area contributed by atoms with Crippen molar-refractivity contribution in [1.29, 1.82) is 0 Å². The Balaban J connectivity index is 2.68. The van der Waals surface area contributed by atoms with E-state index in [1.54, 1.807) is 0 Å². The minimum Gasteiger partial charge on any atom is -0.237 e. The summed E-state index contributed by atoms with van der Waals surface area (Å²) in [7, 11) is 0. The van der Waals surface area contributed by atoms with Gasteiger partial charge in [0.2, 0.25) is 0 Å². The van der Waals surface area contributed by atoms with Crippen molar-refractivity contribution in [2.45, 2.75) is 39.9 Å². The number of aryl methyl sites for hydroxylation is 1. The second-order valence-corrected chi connectivity index (χ2v) is 5.65. The predicted octanol–water partition coefficient (Wildman–Crippen LogP) is 3.89. The fourth-order valence-electron chi connectivity index (χ4n) is 1.47. The van der Waals surface area contributed by atoms with Gasteiger partial charge in [-0.1, -0.05) is 32.4 Å². The van der Waals surface area contributed by atoms with Crippen LogP contribution in [0.5, 0.6) is 0 Å². The fourth-order valence-corrected chi connectivity index (χ4v) is 2.74. The van der Waals surface area contributed by atoms with Crippen molar-refractivity contribution in [1.82, 2.24) is 9.97 Å². The highest BCUT2D eigenvalue weighted by molar-refractivity contribution is 7.98. The van der Waals surface area contributed by atoms with Gasteiger partial charge in [-0.25, -0.2) is 9.97 Å². The van der Waals surface area contributed by atoms with Crippen LogP contribution < -0.4 is 0 Å². The maximum Gasteiger partial charge on any atom is 0.140 e. The molecular weight excluding hydrogens is 240 g/mol. The first kappa shape index (κ1) is 13.8. The van der Waals surface area contributed by atoms with Gasteiger partial charge in [-0.05, 0) is 25.0 Å². The van der Waals surface area contributed by atoms with Crippen molar-refractivity contribution in [3.63, 3.8) is 0 Å². The third-order valence-electron chi connectivity index (χ3n) is 2.25. The summed E-state index contributed by atoms with van der Waals surface area (Å²) in [6.45, 7) is 8.51. The standard InChI is InChI=1S/C12H19ClN2S/c1-5-10-9(4)14-11(15-12(10)13)7-16-6-8(2)3/h8H,5-7H2,1-4H3. The van der Waals surface area contributed by atoms with E-state index >= 15 is 0 Å². The Morgan fingerprint density at radius 3 is 2.50 bits per heavy atom. The molecule has 0 aliphatic heterocycles. The van der Waals surface area contributed by atoms with Crippen LogP contribution >= 0.6 is 23.4 Å². The fraction of sp³-hybridized carbons (Fsp3) is 0.667. The molecule has 0 aliphatic carbocycles. The second-order valence-electron chi connectivity index (χ2n) is 4.26. The number of aromatic nitrogens is 2. The van der Waals surface area contributed by atoms with E-state index in [4.69, 9.17) is 11.6 Å². The lowest BCUT2D eigenvalue weighted by molar-refractivity contribution is 0.749. The molecule has 0 spiro atoms. The maximum absolute atomic E-state index is 6.12. The lowest BCUT2D eigenvalue weighted by Gasteiger charge is -2.08. The van der Waals surface area contributed by atoms with E-state index in [0.29, 0.717) is 11.1 Å². The number of halogens is 1. The molecule has 0 aliphatic rings. The molecule has 0 atom stereocenters. The molecule has 0 saturated heterocycles. The second kappa shape index (κ2) is 6.45. The minimum atomic E-state index is 0.621. The van der Waals surface area contributed by atoms with Crippen LogP contribution in [0.4, 0.5) is 0 Å². The molecule has 0 N–H and O–H groups in total. The van der Waals surface area contributed by atoms with E-state index in [2.05, 4.69) is 30.7 Å². The molecule has 4 heteroatoms. The van der Waals surface area contributed by atoms with Crippen LogP contribution in [0.2, 0.25) is 5.15 Å². The number of nitrogens with zero attached hydrogens (tertiary/aromatic N) is 2. The first-order valence-corrected chi connectivity index (χ1v) is 7.17. The average Bonchev–Trinajstić information content (AvgIpc) is 2.16. The Labute approximate surface area is 107 Å². The van der Waals surface area contributed by atoms with E-state index < -0.39 is 0 Å². The molecule has 0 aromatic carbocycles. The molecule has 1 aromatic rings. The van der Waals surface area contributed by atoms with Crippen molar-refractivity contribution in [2.75, 3.05) is 5.75 Å². The predicted molar refractivity (Wildman–Crippen MR) is 72.2 cm³/mol. The first-order valence-electron chi connectivity index (χ1n) is 5.64. The zero-order chi connectivity index (χ0) is 12.1. The van der Waals surface area contributed by atoms with E-state index in [0.717, 1.165) is 35.0 Å². The van der Waals surface area contributed by atoms with Crippen molar-refractivity contribution in [3.05, 3.63) is 22.2 Å². The normalized spacial score (nSPS) is 11.1. The average molecular weight is 259 g/mol. The zero-order valence-electron chi connectivity index (χ0n) is 10.4. The first-order chi connectivity index (χ1) is 7.54. The number of thioether (sulfide) groups is 1. The monoisotopic (exact) mass is 258 g/mol. The van der Waals surface area contributed by atoms with E-state index in [9.17, 15) is 0 Å². The van der Waals surface area contributed by atoms with Crippen LogP contribution in [0.25, 0.3) is 0 Å². The quantitative estimate of drug-likeness (QED) is 0.750. The molecule has 0 radical (unpaired) electrons. The van der Waals surface area contributed by atoms with Crippen molar-refractivity contribution >= 4 is 23.4 Å². The SMILES string of the molecule is CCc1c(C)nc(CSCC(C)C)nc1Cl. The maximum atomic E-state index is 6.12. The number of hydrogen-bond donors (Lipinski definition) is 0. The van der Waals surface area contributed by atoms with Gasteiger partial charge in [0.15, 0.2) is 0 Å². The summed E-state index contributed by atoms with van der Waals surface area (Å²) in [4.78, 5) is 8.82. The molecule has 0 unspecified atom stereocenters. The molecule has 0 bridgehead atoms. The van der Waals surface area contributed by atoms with Crippen LogP contribution in [-0.2, 0) is 12.2 Å². The summed E-state index contributed by atoms with van der Waals surface area (Å²) in [6.07, 6.45) is 0.893. The topological polar surface area (TPSA) is 25.8 Å². The van der Waals surface area contributed by atoms with Crippen molar-refractivity contribution in [3.8, 4) is 0 Å². The summed E-state index contributed by atoms with van der Waals surface area (Å²) in [6, 6.07) is 0. The van der Waals surface area contributed by atoms with E-state index in [1.165, 1.54) is 0 Å². The number of rotatable bonds is 5. The van der Waals surface area contributed by atoms with Crippen LogP contribution in [0.3, 0.4) is 0 Å². The molecule has 2 nitrogen and oxygen atoms in total. The van der Waals surface area contributed by atoms with Gasteiger partial charge >= 0.3 is 0 Å². The molecule has 90 valence electrons. The summed E-state index contributed by atoms with van der Waals surface area (Å²) >= 11 is 7.98. The lowest BCUT2D eigenvalue weighted by atomic mass is 10.2. The number of hydrogen-bond acceptors (Lipinski definition) is 3. The largest absolute Gasteiger partial charge is 0.237 e. The van der Waals surface area contributed by atoms with Gasteiger partial charge in [-0.15, -0.1) is 0 Å². The minimum absolute atomic E-state index is 0.621. The van der Waals surface area contributed by atoms with Gasteiger partial charge in [-0.2, -0.15) is 11.8 Å². The molecule has 16 heavy (non-hydrogen) atoms. The van der Waals surface area contributed by atoms with Gasteiger partial charge in [0, 0.05) is 11.3 Å². The zero-order valence-corrected chi connectivity index (χ0v) is 12.0. The molecule has 0 fully saturated rings. The highest BCUT2D eigenvalue weighted by atomic mass is 35.5. The molecule has 1 aromatic heterocycles. The Hall–Kier alpha value is -0.280. The summed E-state index contributed by atoms with van der Waals surface area (Å²) in [5.41, 5.74) is 2.09.